The third-order valence-electron chi connectivity index (χ3n) is 13.9. The molecule has 11 nitrogen and oxygen atoms in total. The van der Waals surface area contributed by atoms with Gasteiger partial charge in [-0.2, -0.15) is 0 Å². The lowest BCUT2D eigenvalue weighted by Crippen LogP contribution is -2.69. The smallest absolute Gasteiger partial charge is 0.261 e. The van der Waals surface area contributed by atoms with Gasteiger partial charge in [-0.1, -0.05) is 172 Å². The molecule has 1 amide bonds. The van der Waals surface area contributed by atoms with E-state index in [9.17, 15) is 14.7 Å². The number of anilines is 1. The van der Waals surface area contributed by atoms with Crippen molar-refractivity contribution in [2.75, 3.05) is 32.2 Å². The summed E-state index contributed by atoms with van der Waals surface area (Å²) >= 11 is 0. The fraction of sp³-hybridized carbons (Fsp3) is 0.232. The van der Waals surface area contributed by atoms with E-state index in [-0.39, 0.29) is 30.0 Å². The van der Waals surface area contributed by atoms with Gasteiger partial charge in [0.25, 0.3) is 14.2 Å². The van der Waals surface area contributed by atoms with Crippen LogP contribution < -0.4 is 20.4 Å². The van der Waals surface area contributed by atoms with Crippen LogP contribution in [0.2, 0.25) is 5.04 Å². The van der Waals surface area contributed by atoms with Crippen LogP contribution in [0.25, 0.3) is 11.2 Å². The number of aromatic nitrogens is 4. The summed E-state index contributed by atoms with van der Waals surface area (Å²) in [4.78, 5) is 41.7. The summed E-state index contributed by atoms with van der Waals surface area (Å²) in [6, 6.07) is 56.9. The van der Waals surface area contributed by atoms with Crippen LogP contribution in [-0.4, -0.2) is 72.1 Å². The Balaban J connectivity index is 1.19. The maximum absolute atomic E-state index is 14.1. The van der Waals surface area contributed by atoms with Gasteiger partial charge in [-0.25, -0.2) is 15.0 Å². The van der Waals surface area contributed by atoms with Crippen molar-refractivity contribution >= 4 is 47.9 Å². The minimum absolute atomic E-state index is 0.0118. The van der Waals surface area contributed by atoms with E-state index in [1.54, 1.807) is 37.7 Å². The first kappa shape index (κ1) is 46.0. The Morgan fingerprint density at radius 3 is 1.74 bits per heavy atom. The third-order valence-corrected chi connectivity index (χ3v) is 18.9. The van der Waals surface area contributed by atoms with Crippen molar-refractivity contribution in [1.82, 2.24) is 19.5 Å². The van der Waals surface area contributed by atoms with Gasteiger partial charge in [0.15, 0.2) is 17.0 Å². The van der Waals surface area contributed by atoms with Gasteiger partial charge in [-0.3, -0.25) is 4.79 Å². The molecule has 0 bridgehead atoms. The van der Waals surface area contributed by atoms with Crippen LogP contribution in [0.5, 0.6) is 5.75 Å². The number of amides is 1. The number of ether oxygens (including phenoxy) is 2. The van der Waals surface area contributed by atoms with Gasteiger partial charge in [0.2, 0.25) is 0 Å². The number of nitrogens with zero attached hydrogens (tertiary/aromatic N) is 4. The Morgan fingerprint density at radius 1 is 0.706 bits per heavy atom. The molecule has 4 atom stereocenters. The summed E-state index contributed by atoms with van der Waals surface area (Å²) in [5, 5.41) is 16.5. The zero-order valence-corrected chi connectivity index (χ0v) is 39.6. The minimum atomic E-state index is -3.16. The summed E-state index contributed by atoms with van der Waals surface area (Å²) in [6.45, 7) is 6.29. The fourth-order valence-electron chi connectivity index (χ4n) is 10.5. The van der Waals surface area contributed by atoms with Crippen LogP contribution in [-0.2, 0) is 19.6 Å². The molecule has 2 aromatic heterocycles. The normalized spacial score (nSPS) is 18.4. The number of hydrogen-bond acceptors (Lipinski definition) is 9. The van der Waals surface area contributed by atoms with Gasteiger partial charge >= 0.3 is 0 Å². The van der Waals surface area contributed by atoms with Crippen LogP contribution >= 0.6 is 0 Å². The number of hydrogen-bond donors (Lipinski definition) is 2. The van der Waals surface area contributed by atoms with Crippen LogP contribution in [0.15, 0.2) is 189 Å². The Kier molecular flexibility index (Phi) is 13.0. The molecule has 2 N–H and O–H groups in total. The van der Waals surface area contributed by atoms with Crippen molar-refractivity contribution < 1.29 is 28.6 Å². The van der Waals surface area contributed by atoms with E-state index in [2.05, 4.69) is 55.3 Å². The second-order valence-electron chi connectivity index (χ2n) is 18.4. The number of carbonyl (C=O) groups excluding carboxylic acids is 2. The number of aldehydes is 1. The number of rotatable bonds is 17. The Bertz CT molecular complexity index is 2880. The van der Waals surface area contributed by atoms with E-state index in [1.807, 2.05) is 132 Å². The predicted octanol–water partition coefficient (Wildman–Crippen LogP) is 8.64. The summed E-state index contributed by atoms with van der Waals surface area (Å²) < 4.78 is 22.7. The van der Waals surface area contributed by atoms with Gasteiger partial charge in [0.05, 0.1) is 32.1 Å². The molecule has 2 heterocycles. The van der Waals surface area contributed by atoms with Crippen molar-refractivity contribution in [3.05, 3.63) is 211 Å². The number of fused-ring (bicyclic) bond motifs is 1. The van der Waals surface area contributed by atoms with Crippen LogP contribution in [0.3, 0.4) is 0 Å². The summed E-state index contributed by atoms with van der Waals surface area (Å²) in [6.07, 6.45) is 3.98. The molecule has 1 saturated carbocycles. The molecule has 1 aliphatic rings. The number of methoxy groups -OCH3 is 1. The molecule has 344 valence electrons. The molecule has 68 heavy (non-hydrogen) atoms. The van der Waals surface area contributed by atoms with Gasteiger partial charge in [0.1, 0.15) is 24.0 Å². The number of carbonyl (C=O) groups is 2. The molecule has 0 aliphatic heterocycles. The predicted molar refractivity (Wildman–Crippen MR) is 267 cm³/mol. The number of aliphatic hydroxyl groups is 1. The molecule has 1 fully saturated rings. The van der Waals surface area contributed by atoms with Gasteiger partial charge in [-0.05, 0) is 56.4 Å². The molecular weight excluding hydrogens is 867 g/mol. The second kappa shape index (κ2) is 19.3. The first-order valence-electron chi connectivity index (χ1n) is 22.9. The first-order valence-corrected chi connectivity index (χ1v) is 24.8. The lowest BCUT2D eigenvalue weighted by Gasteiger charge is -2.59. The molecule has 12 heteroatoms. The highest BCUT2D eigenvalue weighted by molar-refractivity contribution is 6.99. The molecule has 1 unspecified atom stereocenters. The van der Waals surface area contributed by atoms with E-state index in [1.165, 1.54) is 6.33 Å². The summed E-state index contributed by atoms with van der Waals surface area (Å²) in [7, 11) is -1.52. The summed E-state index contributed by atoms with van der Waals surface area (Å²) in [5.74, 6) is -0.648. The molecular formula is C56H55N5O6Si. The average molecular weight is 922 g/mol. The van der Waals surface area contributed by atoms with Crippen LogP contribution in [0.4, 0.5) is 5.82 Å². The zero-order valence-electron chi connectivity index (χ0n) is 38.6. The highest BCUT2D eigenvalue weighted by Crippen LogP contribution is 2.59. The number of aliphatic hydroxyl groups excluding tert-OH is 1. The molecule has 0 radical (unpaired) electrons. The fourth-order valence-corrected chi connectivity index (χ4v) is 15.0. The Labute approximate surface area is 398 Å². The number of nitrogens with one attached hydrogen (secondary N) is 1. The van der Waals surface area contributed by atoms with Crippen molar-refractivity contribution in [3.8, 4) is 5.75 Å². The van der Waals surface area contributed by atoms with Crippen molar-refractivity contribution in [2.45, 2.75) is 37.5 Å². The Hall–Kier alpha value is -7.09. The van der Waals surface area contributed by atoms with Crippen LogP contribution in [0.1, 0.15) is 53.9 Å². The highest BCUT2D eigenvalue weighted by Gasteiger charge is 2.65. The minimum Gasteiger partial charge on any atom is -0.497 e. The van der Waals surface area contributed by atoms with Gasteiger partial charge in [-0.15, -0.1) is 0 Å². The molecule has 0 spiro atoms. The van der Waals surface area contributed by atoms with Gasteiger partial charge < -0.3 is 33.7 Å². The summed E-state index contributed by atoms with van der Waals surface area (Å²) in [5.41, 5.74) is 1.36. The first-order chi connectivity index (χ1) is 33.1. The van der Waals surface area contributed by atoms with Crippen molar-refractivity contribution in [3.63, 3.8) is 0 Å². The van der Waals surface area contributed by atoms with Gasteiger partial charge in [0, 0.05) is 30.0 Å². The lowest BCUT2D eigenvalue weighted by molar-refractivity contribution is -0.186. The van der Waals surface area contributed by atoms with Crippen LogP contribution in [0, 0.1) is 17.3 Å². The monoisotopic (exact) mass is 921 g/mol. The van der Waals surface area contributed by atoms with E-state index in [4.69, 9.17) is 23.9 Å². The van der Waals surface area contributed by atoms with Crippen molar-refractivity contribution in [2.24, 2.45) is 17.3 Å². The molecule has 9 rings (SSSR count). The largest absolute Gasteiger partial charge is 0.497 e. The van der Waals surface area contributed by atoms with E-state index < -0.39 is 43.8 Å². The standard InChI is InChI=1S/C56H55N5O6Si/c1-54(2,3)68(45-26-16-8-17-27-45,46-28-18-9-19-29-46)67-35-48-50(61-39-59-49-51(57-38-58-52(49)61)60-53(64)40-20-10-5-11-21-40)47(55(48,36-62)37-63)34-66-56(41-22-12-6-13-23-41,42-24-14-7-15-25-42)43-30-32-44(65-4)33-31-43/h5-33,36,38-39,47-48,50,63H,34-35,37H2,1-4H3,(H,57,58,60,64)/t47-,48+,50-,55?/m0/s1. The zero-order chi connectivity index (χ0) is 47.4. The Morgan fingerprint density at radius 2 is 1.22 bits per heavy atom. The lowest BCUT2D eigenvalue weighted by atomic mass is 9.50. The van der Waals surface area contributed by atoms with Crippen molar-refractivity contribution in [1.29, 1.82) is 0 Å². The topological polar surface area (TPSA) is 138 Å². The second-order valence-corrected chi connectivity index (χ2v) is 22.7. The van der Waals surface area contributed by atoms with E-state index in [0.717, 1.165) is 33.3 Å². The number of benzene rings is 6. The SMILES string of the molecule is COc1ccc(C(OC[C@H]2[C@H](n3cnc4c(NC(=O)c5ccccc5)ncnc43)[C@@H](CO[Si](c3ccccc3)(c3ccccc3)C(C)(C)C)C2(C=O)CO)(c2ccccc2)c2ccccc2)cc1. The van der Waals surface area contributed by atoms with E-state index in [0.29, 0.717) is 22.5 Å². The third kappa shape index (κ3) is 8.02. The highest BCUT2D eigenvalue weighted by atomic mass is 28.4. The maximum atomic E-state index is 14.1. The molecule has 6 aromatic carbocycles. The molecule has 1 aliphatic carbocycles. The number of imidazole rings is 1. The molecule has 0 saturated heterocycles. The molecule has 8 aromatic rings. The quantitative estimate of drug-likeness (QED) is 0.0523. The maximum Gasteiger partial charge on any atom is 0.261 e. The van der Waals surface area contributed by atoms with E-state index >= 15 is 0 Å². The average Bonchev–Trinajstić information content (AvgIpc) is 3.81.